The van der Waals surface area contributed by atoms with Gasteiger partial charge in [0, 0.05) is 12.5 Å². The second-order valence-electron chi connectivity index (χ2n) is 6.01. The van der Waals surface area contributed by atoms with Crippen LogP contribution < -0.4 is 20.1 Å². The van der Waals surface area contributed by atoms with Crippen LogP contribution in [0.25, 0.3) is 0 Å². The average Bonchev–Trinajstić information content (AvgIpc) is 3.02. The van der Waals surface area contributed by atoms with E-state index in [9.17, 15) is 9.59 Å². The van der Waals surface area contributed by atoms with Crippen LogP contribution in [0.4, 0.5) is 4.79 Å². The summed E-state index contributed by atoms with van der Waals surface area (Å²) in [4.78, 5) is 26.2. The van der Waals surface area contributed by atoms with Crippen molar-refractivity contribution in [1.29, 1.82) is 0 Å². The Bertz CT molecular complexity index is 663. The first-order valence-electron chi connectivity index (χ1n) is 7.93. The minimum atomic E-state index is -0.322. The van der Waals surface area contributed by atoms with Crippen molar-refractivity contribution in [3.05, 3.63) is 23.8 Å². The van der Waals surface area contributed by atoms with Crippen molar-refractivity contribution in [1.82, 2.24) is 15.5 Å². The summed E-state index contributed by atoms with van der Waals surface area (Å²) in [5, 5.41) is 5.81. The zero-order valence-electron chi connectivity index (χ0n) is 12.9. The molecule has 2 N–H and O–H groups in total. The summed E-state index contributed by atoms with van der Waals surface area (Å²) in [6, 6.07) is 5.51. The third-order valence-corrected chi connectivity index (χ3v) is 4.88. The van der Waals surface area contributed by atoms with E-state index in [1.807, 2.05) is 25.1 Å². The number of hydrogen-bond acceptors (Lipinski definition) is 5. The highest BCUT2D eigenvalue weighted by atomic mass is 16.7. The number of fused-ring (bicyclic) bond motifs is 2. The van der Waals surface area contributed by atoms with Crippen molar-refractivity contribution in [2.75, 3.05) is 19.9 Å². The fraction of sp³-hybridized carbons (Fsp3) is 0.500. The molecule has 1 aromatic carbocycles. The van der Waals surface area contributed by atoms with Crippen molar-refractivity contribution >= 4 is 11.9 Å². The molecule has 23 heavy (non-hydrogen) atoms. The molecule has 0 aromatic heterocycles. The van der Waals surface area contributed by atoms with Gasteiger partial charge in [0.25, 0.3) is 0 Å². The first kappa shape index (κ1) is 14.3. The molecule has 0 radical (unpaired) electrons. The topological polar surface area (TPSA) is 79.9 Å². The first-order valence-corrected chi connectivity index (χ1v) is 7.93. The van der Waals surface area contributed by atoms with E-state index >= 15 is 0 Å². The Kier molecular flexibility index (Phi) is 3.37. The van der Waals surface area contributed by atoms with Crippen molar-refractivity contribution in [2.45, 2.75) is 25.4 Å². The molecule has 122 valence electrons. The van der Waals surface area contributed by atoms with Gasteiger partial charge in [0.15, 0.2) is 11.5 Å². The summed E-state index contributed by atoms with van der Waals surface area (Å²) in [6.07, 6.45) is 0.574. The zero-order chi connectivity index (χ0) is 16.0. The standard InChI is InChI=1S/C16H19N3O4/c1-2-19-14-13(15(20)18-16(19)21)10(5-6-17-14)9-3-4-11-12(7-9)23-8-22-11/h3-4,7,10,13-14,17H,2,5-6,8H2,1H3,(H,18,20,21). The lowest BCUT2D eigenvalue weighted by atomic mass is 9.77. The number of ether oxygens (including phenoxy) is 2. The lowest BCUT2D eigenvalue weighted by Crippen LogP contribution is -2.67. The number of hydrogen-bond donors (Lipinski definition) is 2. The molecule has 1 aromatic rings. The highest BCUT2D eigenvalue weighted by molar-refractivity contribution is 5.99. The Balaban J connectivity index is 1.68. The number of imide groups is 1. The molecular weight excluding hydrogens is 298 g/mol. The van der Waals surface area contributed by atoms with E-state index in [4.69, 9.17) is 9.47 Å². The van der Waals surface area contributed by atoms with Gasteiger partial charge in [-0.2, -0.15) is 0 Å². The smallest absolute Gasteiger partial charge is 0.325 e. The van der Waals surface area contributed by atoms with E-state index in [2.05, 4.69) is 10.6 Å². The van der Waals surface area contributed by atoms with Gasteiger partial charge in [-0.05, 0) is 37.6 Å². The van der Waals surface area contributed by atoms with Gasteiger partial charge in [0.1, 0.15) is 0 Å². The van der Waals surface area contributed by atoms with Crippen LogP contribution in [0.5, 0.6) is 11.5 Å². The molecule has 3 atom stereocenters. The van der Waals surface area contributed by atoms with Crippen LogP contribution in [0.3, 0.4) is 0 Å². The molecule has 0 saturated carbocycles. The van der Waals surface area contributed by atoms with E-state index in [0.717, 1.165) is 30.0 Å². The summed E-state index contributed by atoms with van der Waals surface area (Å²) >= 11 is 0. The molecule has 3 heterocycles. The molecule has 0 aliphatic carbocycles. The Morgan fingerprint density at radius 2 is 2.09 bits per heavy atom. The monoisotopic (exact) mass is 317 g/mol. The quantitative estimate of drug-likeness (QED) is 0.851. The number of piperidine rings is 1. The number of amides is 3. The molecule has 0 bridgehead atoms. The maximum atomic E-state index is 12.5. The van der Waals surface area contributed by atoms with Gasteiger partial charge < -0.3 is 14.4 Å². The largest absolute Gasteiger partial charge is 0.454 e. The zero-order valence-corrected chi connectivity index (χ0v) is 12.9. The number of carbonyl (C=O) groups excluding carboxylic acids is 2. The number of carbonyl (C=O) groups is 2. The van der Waals surface area contributed by atoms with E-state index < -0.39 is 0 Å². The van der Waals surface area contributed by atoms with Gasteiger partial charge in [-0.15, -0.1) is 0 Å². The normalized spacial score (nSPS) is 29.3. The number of urea groups is 1. The van der Waals surface area contributed by atoms with Crippen LogP contribution in [0.15, 0.2) is 18.2 Å². The van der Waals surface area contributed by atoms with Gasteiger partial charge in [0.2, 0.25) is 12.7 Å². The molecule has 3 amide bonds. The minimum Gasteiger partial charge on any atom is -0.454 e. The highest BCUT2D eigenvalue weighted by Crippen LogP contribution is 2.41. The molecule has 2 saturated heterocycles. The van der Waals surface area contributed by atoms with Crippen LogP contribution in [0.2, 0.25) is 0 Å². The van der Waals surface area contributed by atoms with E-state index in [0.29, 0.717) is 6.54 Å². The molecule has 0 spiro atoms. The molecule has 3 aliphatic rings. The predicted molar refractivity (Wildman–Crippen MR) is 81.1 cm³/mol. The first-order chi connectivity index (χ1) is 11.2. The van der Waals surface area contributed by atoms with Crippen LogP contribution >= 0.6 is 0 Å². The van der Waals surface area contributed by atoms with Crippen molar-refractivity contribution in [3.8, 4) is 11.5 Å². The summed E-state index contributed by atoms with van der Waals surface area (Å²) in [7, 11) is 0. The molecule has 4 rings (SSSR count). The van der Waals surface area contributed by atoms with Crippen LogP contribution in [0.1, 0.15) is 24.8 Å². The van der Waals surface area contributed by atoms with Gasteiger partial charge >= 0.3 is 6.03 Å². The average molecular weight is 317 g/mol. The molecule has 2 fully saturated rings. The Morgan fingerprint density at radius 1 is 1.26 bits per heavy atom. The molecular formula is C16H19N3O4. The Labute approximate surface area is 133 Å². The van der Waals surface area contributed by atoms with Crippen LogP contribution in [-0.2, 0) is 4.79 Å². The summed E-state index contributed by atoms with van der Waals surface area (Å²) < 4.78 is 10.8. The number of nitrogens with zero attached hydrogens (tertiary/aromatic N) is 1. The summed E-state index contributed by atoms with van der Waals surface area (Å²) in [6.45, 7) is 3.46. The van der Waals surface area contributed by atoms with Crippen LogP contribution in [-0.4, -0.2) is 42.9 Å². The maximum absolute atomic E-state index is 12.5. The van der Waals surface area contributed by atoms with E-state index in [1.165, 1.54) is 0 Å². The van der Waals surface area contributed by atoms with Gasteiger partial charge in [-0.3, -0.25) is 15.4 Å². The van der Waals surface area contributed by atoms with E-state index in [-0.39, 0.29) is 36.7 Å². The Hall–Kier alpha value is -2.28. The highest BCUT2D eigenvalue weighted by Gasteiger charge is 2.47. The predicted octanol–water partition coefficient (Wildman–Crippen LogP) is 1.01. The lowest BCUT2D eigenvalue weighted by molar-refractivity contribution is -0.131. The van der Waals surface area contributed by atoms with Gasteiger partial charge in [-0.25, -0.2) is 4.79 Å². The minimum absolute atomic E-state index is 0.0397. The maximum Gasteiger partial charge on any atom is 0.325 e. The molecule has 7 nitrogen and oxygen atoms in total. The van der Waals surface area contributed by atoms with Crippen molar-refractivity contribution < 1.29 is 19.1 Å². The SMILES string of the molecule is CCN1C(=O)NC(=O)C2C(c3ccc4c(c3)OCO4)CCNC21. The number of benzene rings is 1. The van der Waals surface area contributed by atoms with Crippen molar-refractivity contribution in [3.63, 3.8) is 0 Å². The lowest BCUT2D eigenvalue weighted by Gasteiger charge is -2.46. The second-order valence-corrected chi connectivity index (χ2v) is 6.01. The number of rotatable bonds is 2. The Morgan fingerprint density at radius 3 is 2.91 bits per heavy atom. The van der Waals surface area contributed by atoms with Crippen LogP contribution in [0, 0.1) is 5.92 Å². The summed E-state index contributed by atoms with van der Waals surface area (Å²) in [5.41, 5.74) is 1.05. The summed E-state index contributed by atoms with van der Waals surface area (Å²) in [5.74, 6) is 0.981. The fourth-order valence-corrected chi connectivity index (χ4v) is 3.79. The van der Waals surface area contributed by atoms with Crippen molar-refractivity contribution in [2.24, 2.45) is 5.92 Å². The third-order valence-electron chi connectivity index (χ3n) is 4.88. The van der Waals surface area contributed by atoms with Gasteiger partial charge in [0.05, 0.1) is 12.1 Å². The fourth-order valence-electron chi connectivity index (χ4n) is 3.79. The van der Waals surface area contributed by atoms with Gasteiger partial charge in [-0.1, -0.05) is 6.07 Å². The van der Waals surface area contributed by atoms with E-state index in [1.54, 1.807) is 4.90 Å². The molecule has 7 heteroatoms. The molecule has 3 unspecified atom stereocenters. The number of nitrogens with one attached hydrogen (secondary N) is 2. The third kappa shape index (κ3) is 2.23. The molecule has 3 aliphatic heterocycles. The second kappa shape index (κ2) is 5.42.